The number of aliphatic hydroxyl groups excluding tert-OH is 1. The first-order valence-corrected chi connectivity index (χ1v) is 14.9. The van der Waals surface area contributed by atoms with Crippen LogP contribution in [0.5, 0.6) is 5.75 Å². The summed E-state index contributed by atoms with van der Waals surface area (Å²) in [6.07, 6.45) is 1.95. The molecule has 40 heavy (non-hydrogen) atoms. The van der Waals surface area contributed by atoms with Crippen LogP contribution in [-0.2, 0) is 15.3 Å². The number of aromatic nitrogens is 2. The molecule has 1 saturated heterocycles. The Morgan fingerprint density at radius 3 is 2.45 bits per heavy atom. The molecule has 1 N–H and O–H groups in total. The number of nitrogens with zero attached hydrogens (tertiary/aromatic N) is 3. The number of Topliss-reactive ketones (excluding diaryl/α,β-unsaturated/α-hetero) is 1. The van der Waals surface area contributed by atoms with Crippen molar-refractivity contribution in [1.29, 1.82) is 0 Å². The molecule has 10 heteroatoms. The molecule has 0 aliphatic carbocycles. The summed E-state index contributed by atoms with van der Waals surface area (Å²) < 4.78 is 6.38. The van der Waals surface area contributed by atoms with Crippen LogP contribution in [0.3, 0.4) is 0 Å². The van der Waals surface area contributed by atoms with Gasteiger partial charge in [-0.15, -0.1) is 10.2 Å². The Morgan fingerprint density at radius 2 is 1.75 bits per heavy atom. The average molecular weight is 592 g/mol. The first-order chi connectivity index (χ1) is 19.5. The molecule has 3 aromatic carbocycles. The van der Waals surface area contributed by atoms with Gasteiger partial charge >= 0.3 is 5.91 Å². The number of aliphatic hydroxyl groups is 1. The third kappa shape index (κ3) is 6.06. The zero-order valence-corrected chi connectivity index (χ0v) is 24.0. The SMILES string of the molecule is CCCCOc1ccc(C(O)=C2C(=O)C(=O)N(c3nnc(SCc4ccccc4)s3)C2c2ccc(Cl)cc2)cc1. The molecule has 1 unspecified atom stereocenters. The van der Waals surface area contributed by atoms with E-state index in [0.717, 1.165) is 18.4 Å². The minimum absolute atomic E-state index is 0.0272. The van der Waals surface area contributed by atoms with Crippen molar-refractivity contribution in [2.45, 2.75) is 35.9 Å². The molecule has 1 amide bonds. The number of hydrogen-bond acceptors (Lipinski definition) is 8. The molecule has 1 aliphatic heterocycles. The van der Waals surface area contributed by atoms with Gasteiger partial charge in [0.15, 0.2) is 4.34 Å². The zero-order valence-electron chi connectivity index (χ0n) is 21.6. The number of carbonyl (C=O) groups is 2. The van der Waals surface area contributed by atoms with Gasteiger partial charge in [0.1, 0.15) is 11.5 Å². The highest BCUT2D eigenvalue weighted by atomic mass is 35.5. The third-order valence-corrected chi connectivity index (χ3v) is 8.71. The predicted octanol–water partition coefficient (Wildman–Crippen LogP) is 7.29. The predicted molar refractivity (Wildman–Crippen MR) is 159 cm³/mol. The van der Waals surface area contributed by atoms with Gasteiger partial charge in [0.2, 0.25) is 5.13 Å². The van der Waals surface area contributed by atoms with E-state index < -0.39 is 17.7 Å². The lowest BCUT2D eigenvalue weighted by Gasteiger charge is -2.22. The molecule has 1 aliphatic rings. The van der Waals surface area contributed by atoms with Crippen LogP contribution in [0.15, 0.2) is 88.8 Å². The van der Waals surface area contributed by atoms with Crippen molar-refractivity contribution in [3.8, 4) is 5.75 Å². The van der Waals surface area contributed by atoms with Gasteiger partial charge in [-0.2, -0.15) is 0 Å². The highest BCUT2D eigenvalue weighted by Crippen LogP contribution is 2.44. The highest BCUT2D eigenvalue weighted by Gasteiger charge is 2.48. The van der Waals surface area contributed by atoms with Gasteiger partial charge in [0.25, 0.3) is 5.78 Å². The molecule has 0 bridgehead atoms. The Hall–Kier alpha value is -3.66. The Morgan fingerprint density at radius 1 is 1.02 bits per heavy atom. The van der Waals surface area contributed by atoms with Crippen LogP contribution in [0.1, 0.15) is 42.5 Å². The van der Waals surface area contributed by atoms with Crippen molar-refractivity contribution < 1.29 is 19.4 Å². The van der Waals surface area contributed by atoms with Gasteiger partial charge < -0.3 is 9.84 Å². The third-order valence-electron chi connectivity index (χ3n) is 6.33. The summed E-state index contributed by atoms with van der Waals surface area (Å²) in [7, 11) is 0. The van der Waals surface area contributed by atoms with E-state index in [0.29, 0.717) is 38.6 Å². The molecule has 0 saturated carbocycles. The summed E-state index contributed by atoms with van der Waals surface area (Å²) in [4.78, 5) is 28.1. The first kappa shape index (κ1) is 27.9. The number of halogens is 1. The van der Waals surface area contributed by atoms with E-state index >= 15 is 0 Å². The molecular formula is C30H26ClN3O4S2. The second kappa shape index (κ2) is 12.7. The van der Waals surface area contributed by atoms with E-state index in [4.69, 9.17) is 16.3 Å². The molecule has 1 atom stereocenters. The van der Waals surface area contributed by atoms with E-state index in [1.807, 2.05) is 30.3 Å². The molecule has 4 aromatic rings. The normalized spacial score (nSPS) is 16.4. The van der Waals surface area contributed by atoms with E-state index in [1.165, 1.54) is 28.0 Å². The van der Waals surface area contributed by atoms with Crippen LogP contribution < -0.4 is 9.64 Å². The fourth-order valence-corrected chi connectivity index (χ4v) is 6.22. The van der Waals surface area contributed by atoms with E-state index in [-0.39, 0.29) is 16.5 Å². The first-order valence-electron chi connectivity index (χ1n) is 12.8. The van der Waals surface area contributed by atoms with Crippen molar-refractivity contribution >= 4 is 57.3 Å². The molecule has 204 valence electrons. The second-order valence-corrected chi connectivity index (χ2v) is 11.7. The van der Waals surface area contributed by atoms with Crippen LogP contribution in [0, 0.1) is 0 Å². The fourth-order valence-electron chi connectivity index (χ4n) is 4.27. The minimum atomic E-state index is -0.905. The van der Waals surface area contributed by atoms with Crippen molar-refractivity contribution in [3.63, 3.8) is 0 Å². The summed E-state index contributed by atoms with van der Waals surface area (Å²) >= 11 is 8.85. The number of rotatable bonds is 10. The van der Waals surface area contributed by atoms with Crippen LogP contribution in [0.4, 0.5) is 5.13 Å². The van der Waals surface area contributed by atoms with Crippen LogP contribution in [0.2, 0.25) is 5.02 Å². The highest BCUT2D eigenvalue weighted by molar-refractivity contribution is 8.00. The number of ether oxygens (including phenoxy) is 1. The zero-order chi connectivity index (χ0) is 28.1. The molecule has 5 rings (SSSR count). The minimum Gasteiger partial charge on any atom is -0.507 e. The van der Waals surface area contributed by atoms with Gasteiger partial charge in [-0.1, -0.05) is 90.5 Å². The maximum atomic E-state index is 13.4. The van der Waals surface area contributed by atoms with Gasteiger partial charge in [0.05, 0.1) is 18.2 Å². The number of amides is 1. The largest absolute Gasteiger partial charge is 0.507 e. The van der Waals surface area contributed by atoms with Crippen LogP contribution in [-0.4, -0.2) is 33.6 Å². The lowest BCUT2D eigenvalue weighted by atomic mass is 9.95. The molecule has 7 nitrogen and oxygen atoms in total. The van der Waals surface area contributed by atoms with Crippen molar-refractivity contribution in [1.82, 2.24) is 10.2 Å². The number of thioether (sulfide) groups is 1. The molecule has 2 heterocycles. The van der Waals surface area contributed by atoms with E-state index in [1.54, 1.807) is 48.5 Å². The molecule has 0 spiro atoms. The quantitative estimate of drug-likeness (QED) is 0.0517. The van der Waals surface area contributed by atoms with Gasteiger partial charge in [0, 0.05) is 16.3 Å². The summed E-state index contributed by atoms with van der Waals surface area (Å²) in [6.45, 7) is 2.68. The lowest BCUT2D eigenvalue weighted by Crippen LogP contribution is -2.29. The fraction of sp³-hybridized carbons (Fsp3) is 0.200. The number of anilines is 1. The van der Waals surface area contributed by atoms with Gasteiger partial charge in [-0.3, -0.25) is 14.5 Å². The number of carbonyl (C=O) groups excluding carboxylic acids is 2. The van der Waals surface area contributed by atoms with E-state index in [2.05, 4.69) is 17.1 Å². The lowest BCUT2D eigenvalue weighted by molar-refractivity contribution is -0.132. The van der Waals surface area contributed by atoms with Crippen LogP contribution in [0.25, 0.3) is 5.76 Å². The van der Waals surface area contributed by atoms with Crippen LogP contribution >= 0.6 is 34.7 Å². The maximum Gasteiger partial charge on any atom is 0.301 e. The summed E-state index contributed by atoms with van der Waals surface area (Å²) in [5.74, 6) is -0.503. The number of unbranched alkanes of at least 4 members (excludes halogenated alkanes) is 1. The Kier molecular flexibility index (Phi) is 8.84. The summed E-state index contributed by atoms with van der Waals surface area (Å²) in [5.41, 5.74) is 2.11. The summed E-state index contributed by atoms with van der Waals surface area (Å²) in [5, 5.41) is 20.7. The van der Waals surface area contributed by atoms with E-state index in [9.17, 15) is 14.7 Å². The number of ketones is 1. The van der Waals surface area contributed by atoms with Crippen molar-refractivity contribution in [3.05, 3.63) is 106 Å². The number of hydrogen-bond donors (Lipinski definition) is 1. The Bertz CT molecular complexity index is 1520. The molecule has 1 fully saturated rings. The summed E-state index contributed by atoms with van der Waals surface area (Å²) in [6, 6.07) is 22.7. The topological polar surface area (TPSA) is 92.6 Å². The number of benzene rings is 3. The maximum absolute atomic E-state index is 13.4. The molecule has 0 radical (unpaired) electrons. The molecular weight excluding hydrogens is 566 g/mol. The smallest absolute Gasteiger partial charge is 0.301 e. The second-order valence-electron chi connectivity index (χ2n) is 9.07. The Balaban J connectivity index is 1.49. The average Bonchev–Trinajstić information content (AvgIpc) is 3.55. The standard InChI is InChI=1S/C30H26ClN3O4S2/c1-2-3-17-38-23-15-11-21(12-16-23)26(35)24-25(20-9-13-22(31)14-10-20)34(28(37)27(24)36)29-32-33-30(40-29)39-18-19-7-5-4-6-8-19/h4-16,25,35H,2-3,17-18H2,1H3. The van der Waals surface area contributed by atoms with Gasteiger partial charge in [-0.05, 0) is 53.9 Å². The Labute approximate surface area is 245 Å². The molecule has 1 aromatic heterocycles. The van der Waals surface area contributed by atoms with Gasteiger partial charge in [-0.25, -0.2) is 0 Å². The monoisotopic (exact) mass is 591 g/mol. The van der Waals surface area contributed by atoms with Crippen molar-refractivity contribution in [2.24, 2.45) is 0 Å². The van der Waals surface area contributed by atoms with Crippen molar-refractivity contribution in [2.75, 3.05) is 11.5 Å².